The maximum absolute atomic E-state index is 12.2. The van der Waals surface area contributed by atoms with Crippen LogP contribution in [-0.2, 0) is 38.6 Å². The molecule has 0 aliphatic rings. The number of ether oxygens (including phenoxy) is 3. The molecule has 0 aliphatic carbocycles. The number of aryl methyl sites for hydroxylation is 1. The Hall–Kier alpha value is -3.19. The zero-order chi connectivity index (χ0) is 22.8. The average molecular weight is 437 g/mol. The van der Waals surface area contributed by atoms with E-state index in [9.17, 15) is 4.79 Å². The summed E-state index contributed by atoms with van der Waals surface area (Å²) in [5.41, 5.74) is 5.68. The standard InChI is InChI=1S/C26H28O6/c1-19-14-23(12-13-32-28)26(24(15-19)31-18-29-2)22-10-8-20(9-11-22)16-25(27)30-17-21-6-4-3-5-7-21/h3-11,14-15,28H,12-13,16-18H2,1-2H3. The minimum atomic E-state index is -0.276. The van der Waals surface area contributed by atoms with Crippen LogP contribution < -0.4 is 4.74 Å². The van der Waals surface area contributed by atoms with Crippen molar-refractivity contribution in [2.24, 2.45) is 0 Å². The molecule has 0 bridgehead atoms. The Morgan fingerprint density at radius 2 is 1.72 bits per heavy atom. The summed E-state index contributed by atoms with van der Waals surface area (Å²) in [6, 6.07) is 21.3. The van der Waals surface area contributed by atoms with Crippen LogP contribution in [0.25, 0.3) is 11.1 Å². The van der Waals surface area contributed by atoms with Gasteiger partial charge in [-0.1, -0.05) is 60.7 Å². The van der Waals surface area contributed by atoms with Crippen LogP contribution >= 0.6 is 0 Å². The van der Waals surface area contributed by atoms with E-state index in [4.69, 9.17) is 19.5 Å². The molecule has 0 radical (unpaired) electrons. The number of rotatable bonds is 11. The number of hydrogen-bond acceptors (Lipinski definition) is 6. The molecule has 0 saturated carbocycles. The van der Waals surface area contributed by atoms with Gasteiger partial charge in [-0.3, -0.25) is 10.1 Å². The molecule has 0 unspecified atom stereocenters. The van der Waals surface area contributed by atoms with E-state index < -0.39 is 0 Å². The SMILES string of the molecule is COCOc1cc(C)cc(CCOO)c1-c1ccc(CC(=O)OCc2ccccc2)cc1. The van der Waals surface area contributed by atoms with Crippen molar-refractivity contribution in [2.45, 2.75) is 26.4 Å². The third kappa shape index (κ3) is 6.65. The maximum Gasteiger partial charge on any atom is 0.310 e. The number of methoxy groups -OCH3 is 1. The Bertz CT molecular complexity index is 970. The Balaban J connectivity index is 1.75. The Morgan fingerprint density at radius 3 is 2.41 bits per heavy atom. The second-order valence-corrected chi connectivity index (χ2v) is 7.45. The van der Waals surface area contributed by atoms with Crippen molar-refractivity contribution in [1.29, 1.82) is 0 Å². The monoisotopic (exact) mass is 436 g/mol. The average Bonchev–Trinajstić information content (AvgIpc) is 2.81. The van der Waals surface area contributed by atoms with Gasteiger partial charge in [-0.25, -0.2) is 4.89 Å². The lowest BCUT2D eigenvalue weighted by Gasteiger charge is -2.17. The number of carbonyl (C=O) groups excluding carboxylic acids is 1. The number of hydrogen-bond donors (Lipinski definition) is 1. The molecule has 6 heteroatoms. The summed E-state index contributed by atoms with van der Waals surface area (Å²) >= 11 is 0. The molecule has 6 nitrogen and oxygen atoms in total. The summed E-state index contributed by atoms with van der Waals surface area (Å²) in [6.45, 7) is 2.54. The highest BCUT2D eigenvalue weighted by Gasteiger charge is 2.15. The smallest absolute Gasteiger partial charge is 0.310 e. The zero-order valence-corrected chi connectivity index (χ0v) is 18.4. The fourth-order valence-corrected chi connectivity index (χ4v) is 3.49. The summed E-state index contributed by atoms with van der Waals surface area (Å²) in [5, 5.41) is 8.81. The molecule has 3 aromatic carbocycles. The second kappa shape index (κ2) is 12.0. The van der Waals surface area contributed by atoms with Crippen LogP contribution in [0.5, 0.6) is 5.75 Å². The molecule has 3 aromatic rings. The molecule has 0 saturated heterocycles. The molecule has 0 heterocycles. The van der Waals surface area contributed by atoms with Crippen LogP contribution in [0.4, 0.5) is 0 Å². The lowest BCUT2D eigenvalue weighted by atomic mass is 9.94. The van der Waals surface area contributed by atoms with E-state index in [0.29, 0.717) is 12.2 Å². The van der Waals surface area contributed by atoms with Gasteiger partial charge < -0.3 is 14.2 Å². The van der Waals surface area contributed by atoms with Gasteiger partial charge >= 0.3 is 5.97 Å². The van der Waals surface area contributed by atoms with E-state index in [1.807, 2.05) is 73.7 Å². The lowest BCUT2D eigenvalue weighted by Crippen LogP contribution is -2.08. The molecular weight excluding hydrogens is 408 g/mol. The first-order chi connectivity index (χ1) is 15.6. The van der Waals surface area contributed by atoms with Crippen LogP contribution in [-0.4, -0.2) is 31.7 Å². The highest BCUT2D eigenvalue weighted by atomic mass is 17.1. The summed E-state index contributed by atoms with van der Waals surface area (Å²) < 4.78 is 16.3. The highest BCUT2D eigenvalue weighted by molar-refractivity contribution is 5.76. The Labute approximate surface area is 188 Å². The van der Waals surface area contributed by atoms with Gasteiger partial charge in [0.25, 0.3) is 0 Å². The van der Waals surface area contributed by atoms with Crippen molar-refractivity contribution in [3.8, 4) is 16.9 Å². The van der Waals surface area contributed by atoms with Gasteiger partial charge in [0.2, 0.25) is 0 Å². The van der Waals surface area contributed by atoms with Crippen LogP contribution in [0.2, 0.25) is 0 Å². The topological polar surface area (TPSA) is 74.2 Å². The van der Waals surface area contributed by atoms with E-state index in [-0.39, 0.29) is 32.4 Å². The van der Waals surface area contributed by atoms with Crippen LogP contribution in [0.15, 0.2) is 66.7 Å². The molecule has 0 aromatic heterocycles. The van der Waals surface area contributed by atoms with Gasteiger partial charge in [0, 0.05) is 12.7 Å². The van der Waals surface area contributed by atoms with Gasteiger partial charge in [-0.15, -0.1) is 0 Å². The molecule has 0 spiro atoms. The zero-order valence-electron chi connectivity index (χ0n) is 18.4. The third-order valence-electron chi connectivity index (χ3n) is 4.96. The molecule has 0 fully saturated rings. The van der Waals surface area contributed by atoms with Crippen LogP contribution in [0.1, 0.15) is 22.3 Å². The second-order valence-electron chi connectivity index (χ2n) is 7.45. The van der Waals surface area contributed by atoms with E-state index >= 15 is 0 Å². The predicted octanol–water partition coefficient (Wildman–Crippen LogP) is 4.96. The molecule has 1 N–H and O–H groups in total. The van der Waals surface area contributed by atoms with Crippen molar-refractivity contribution < 1.29 is 29.1 Å². The van der Waals surface area contributed by atoms with Gasteiger partial charge in [-0.05, 0) is 47.2 Å². The first-order valence-electron chi connectivity index (χ1n) is 10.4. The van der Waals surface area contributed by atoms with E-state index in [1.54, 1.807) is 7.11 Å². The molecule has 32 heavy (non-hydrogen) atoms. The molecule has 0 amide bonds. The van der Waals surface area contributed by atoms with Crippen molar-refractivity contribution >= 4 is 5.97 Å². The summed E-state index contributed by atoms with van der Waals surface area (Å²) in [5.74, 6) is 0.414. The lowest BCUT2D eigenvalue weighted by molar-refractivity contribution is -0.241. The molecule has 168 valence electrons. The predicted molar refractivity (Wildman–Crippen MR) is 121 cm³/mol. The van der Waals surface area contributed by atoms with Crippen LogP contribution in [0.3, 0.4) is 0 Å². The van der Waals surface area contributed by atoms with Gasteiger partial charge in [0.05, 0.1) is 13.0 Å². The third-order valence-corrected chi connectivity index (χ3v) is 4.96. The summed E-state index contributed by atoms with van der Waals surface area (Å²) in [7, 11) is 1.57. The van der Waals surface area contributed by atoms with Crippen molar-refractivity contribution in [2.75, 3.05) is 20.5 Å². The highest BCUT2D eigenvalue weighted by Crippen LogP contribution is 2.35. The first kappa shape index (κ1) is 23.5. The normalized spacial score (nSPS) is 10.7. The Kier molecular flexibility index (Phi) is 8.80. The van der Waals surface area contributed by atoms with Crippen molar-refractivity contribution in [1.82, 2.24) is 0 Å². The quantitative estimate of drug-likeness (QED) is 0.198. The molecule has 0 atom stereocenters. The summed E-state index contributed by atoms with van der Waals surface area (Å²) in [4.78, 5) is 16.5. The van der Waals surface area contributed by atoms with E-state index in [2.05, 4.69) is 4.89 Å². The maximum atomic E-state index is 12.2. The largest absolute Gasteiger partial charge is 0.467 e. The van der Waals surface area contributed by atoms with Gasteiger partial charge in [0.15, 0.2) is 6.79 Å². The number of carbonyl (C=O) groups is 1. The summed E-state index contributed by atoms with van der Waals surface area (Å²) in [6.07, 6.45) is 0.712. The fraction of sp³-hybridized carbons (Fsp3) is 0.269. The van der Waals surface area contributed by atoms with Gasteiger partial charge in [0.1, 0.15) is 12.4 Å². The fourth-order valence-electron chi connectivity index (χ4n) is 3.49. The van der Waals surface area contributed by atoms with Crippen molar-refractivity contribution in [3.05, 3.63) is 89.0 Å². The minimum absolute atomic E-state index is 0.123. The van der Waals surface area contributed by atoms with Crippen molar-refractivity contribution in [3.63, 3.8) is 0 Å². The Morgan fingerprint density at radius 1 is 0.969 bits per heavy atom. The van der Waals surface area contributed by atoms with E-state index in [1.165, 1.54) is 0 Å². The molecular formula is C26H28O6. The minimum Gasteiger partial charge on any atom is -0.467 e. The molecule has 0 aliphatic heterocycles. The van der Waals surface area contributed by atoms with Gasteiger partial charge in [-0.2, -0.15) is 0 Å². The number of benzene rings is 3. The van der Waals surface area contributed by atoms with Crippen LogP contribution in [0, 0.1) is 6.92 Å². The molecule has 3 rings (SSSR count). The number of esters is 1. The first-order valence-corrected chi connectivity index (χ1v) is 10.4. The van der Waals surface area contributed by atoms with E-state index in [0.717, 1.165) is 33.4 Å².